The number of fused-ring (bicyclic) bond motifs is 9. The van der Waals surface area contributed by atoms with Gasteiger partial charge in [0.15, 0.2) is 5.82 Å². The lowest BCUT2D eigenvalue weighted by Gasteiger charge is -2.43. The van der Waals surface area contributed by atoms with Crippen LogP contribution in [0.5, 0.6) is 11.5 Å². The van der Waals surface area contributed by atoms with Crippen LogP contribution >= 0.6 is 0 Å². The summed E-state index contributed by atoms with van der Waals surface area (Å²) >= 11 is 0. The lowest BCUT2D eigenvalue weighted by molar-refractivity contribution is 0.375. The van der Waals surface area contributed by atoms with E-state index in [2.05, 4.69) is 194 Å². The number of para-hydroxylation sites is 2. The molecular weight excluding hydrogens is 681 g/mol. The molecule has 0 N–H and O–H groups in total. The molecule has 7 aromatic carbocycles. The quantitative estimate of drug-likeness (QED) is 0.178. The van der Waals surface area contributed by atoms with Crippen LogP contribution in [0.3, 0.4) is 0 Å². The van der Waals surface area contributed by atoms with E-state index in [1.165, 1.54) is 33.4 Å². The maximum absolute atomic E-state index is 7.09. The van der Waals surface area contributed by atoms with Gasteiger partial charge in [0.2, 0.25) is 0 Å². The lowest BCUT2D eigenvalue weighted by Crippen LogP contribution is -2.37. The van der Waals surface area contributed by atoms with Crippen LogP contribution in [0.2, 0.25) is 0 Å². The molecule has 3 nitrogen and oxygen atoms in total. The van der Waals surface area contributed by atoms with E-state index in [0.29, 0.717) is 5.82 Å². The van der Waals surface area contributed by atoms with Gasteiger partial charge in [0.1, 0.15) is 11.5 Å². The van der Waals surface area contributed by atoms with Crippen LogP contribution in [0.1, 0.15) is 28.2 Å². The number of aromatic nitrogens is 2. The smallest absolute Gasteiger partial charge is 0.161 e. The van der Waals surface area contributed by atoms with Crippen molar-refractivity contribution in [2.75, 3.05) is 0 Å². The third kappa shape index (κ3) is 4.98. The van der Waals surface area contributed by atoms with E-state index in [4.69, 9.17) is 14.7 Å². The molecule has 2 heterocycles. The van der Waals surface area contributed by atoms with Crippen molar-refractivity contribution in [2.24, 2.45) is 5.92 Å². The van der Waals surface area contributed by atoms with Crippen molar-refractivity contribution in [1.29, 1.82) is 0 Å². The van der Waals surface area contributed by atoms with Crippen molar-refractivity contribution in [3.63, 3.8) is 0 Å². The zero-order valence-electron chi connectivity index (χ0n) is 30.6. The van der Waals surface area contributed by atoms with E-state index in [9.17, 15) is 0 Å². The molecule has 0 bridgehead atoms. The van der Waals surface area contributed by atoms with Gasteiger partial charge in [-0.1, -0.05) is 194 Å². The molecule has 1 spiro atoms. The molecule has 3 heteroatoms. The first kappa shape index (κ1) is 32.3. The third-order valence-electron chi connectivity index (χ3n) is 11.9. The zero-order valence-corrected chi connectivity index (χ0v) is 30.6. The summed E-state index contributed by atoms with van der Waals surface area (Å²) in [7, 11) is 0. The van der Waals surface area contributed by atoms with Gasteiger partial charge < -0.3 is 4.74 Å². The number of allylic oxidation sites excluding steroid dienone is 4. The average molecular weight is 717 g/mol. The van der Waals surface area contributed by atoms with Crippen LogP contribution in [-0.4, -0.2) is 9.97 Å². The van der Waals surface area contributed by atoms with Gasteiger partial charge in [0, 0.05) is 45.2 Å². The lowest BCUT2D eigenvalue weighted by atomic mass is 9.61. The molecule has 1 aliphatic heterocycles. The average Bonchev–Trinajstić information content (AvgIpc) is 3.57. The maximum Gasteiger partial charge on any atom is 0.161 e. The van der Waals surface area contributed by atoms with Gasteiger partial charge in [-0.15, -0.1) is 0 Å². The first-order valence-corrected chi connectivity index (χ1v) is 19.3. The minimum Gasteiger partial charge on any atom is -0.456 e. The van der Waals surface area contributed by atoms with E-state index in [1.807, 2.05) is 12.1 Å². The minimum atomic E-state index is -0.430. The second-order valence-electron chi connectivity index (χ2n) is 14.8. The van der Waals surface area contributed by atoms with Gasteiger partial charge in [-0.2, -0.15) is 0 Å². The molecule has 8 aromatic rings. The van der Waals surface area contributed by atoms with Crippen LogP contribution < -0.4 is 4.74 Å². The molecule has 3 aliphatic rings. The monoisotopic (exact) mass is 716 g/mol. The predicted molar refractivity (Wildman–Crippen MR) is 227 cm³/mol. The second kappa shape index (κ2) is 13.0. The van der Waals surface area contributed by atoms with Crippen molar-refractivity contribution in [2.45, 2.75) is 11.3 Å². The second-order valence-corrected chi connectivity index (χ2v) is 14.8. The minimum absolute atomic E-state index is 0.195. The topological polar surface area (TPSA) is 35.0 Å². The Balaban J connectivity index is 1.11. The number of nitrogens with zero attached hydrogens (tertiary/aromatic N) is 2. The molecule has 11 rings (SSSR count). The predicted octanol–water partition coefficient (Wildman–Crippen LogP) is 13.1. The van der Waals surface area contributed by atoms with Crippen molar-refractivity contribution in [3.05, 3.63) is 229 Å². The molecular formula is C53H36N2O. The third-order valence-corrected chi connectivity index (χ3v) is 11.9. The highest BCUT2D eigenvalue weighted by Crippen LogP contribution is 2.65. The number of ether oxygens (including phenoxy) is 1. The molecule has 264 valence electrons. The summed E-state index contributed by atoms with van der Waals surface area (Å²) in [6.45, 7) is 0. The SMILES string of the molecule is C1=CC2c3ccccc3C3(c4ccccc4Oc4c(-c5ccccc5-c5nc(-c6ccccc6)cc(-c6ccc(-c7ccccc7)cc6)n5)cccc43)C2C=C1. The van der Waals surface area contributed by atoms with Gasteiger partial charge in [-0.25, -0.2) is 9.97 Å². The summed E-state index contributed by atoms with van der Waals surface area (Å²) in [5.41, 5.74) is 13.8. The van der Waals surface area contributed by atoms with Crippen LogP contribution in [-0.2, 0) is 5.41 Å². The number of rotatable bonds is 5. The summed E-state index contributed by atoms with van der Waals surface area (Å²) < 4.78 is 7.09. The Morgan fingerprint density at radius 3 is 1.77 bits per heavy atom. The number of hydrogen-bond acceptors (Lipinski definition) is 3. The Bertz CT molecular complexity index is 2840. The molecule has 2 aliphatic carbocycles. The van der Waals surface area contributed by atoms with Crippen LogP contribution in [0.4, 0.5) is 0 Å². The van der Waals surface area contributed by atoms with Crippen LogP contribution in [0.15, 0.2) is 206 Å². The van der Waals surface area contributed by atoms with Crippen molar-refractivity contribution in [3.8, 4) is 67.7 Å². The highest BCUT2D eigenvalue weighted by Gasteiger charge is 2.56. The van der Waals surface area contributed by atoms with Crippen molar-refractivity contribution < 1.29 is 4.74 Å². The molecule has 0 saturated heterocycles. The first-order chi connectivity index (χ1) is 27.8. The zero-order chi connectivity index (χ0) is 37.1. The van der Waals surface area contributed by atoms with Gasteiger partial charge >= 0.3 is 0 Å². The van der Waals surface area contributed by atoms with E-state index < -0.39 is 5.41 Å². The summed E-state index contributed by atoms with van der Waals surface area (Å²) in [6.07, 6.45) is 9.20. The normalized spacial score (nSPS) is 18.4. The Morgan fingerprint density at radius 2 is 0.982 bits per heavy atom. The van der Waals surface area contributed by atoms with Gasteiger partial charge in [-0.3, -0.25) is 0 Å². The Morgan fingerprint density at radius 1 is 0.429 bits per heavy atom. The fourth-order valence-corrected chi connectivity index (χ4v) is 9.45. The maximum atomic E-state index is 7.09. The molecule has 1 aromatic heterocycles. The Hall–Kier alpha value is -7.10. The van der Waals surface area contributed by atoms with Gasteiger partial charge in [-0.05, 0) is 39.9 Å². The Kier molecular flexibility index (Phi) is 7.53. The van der Waals surface area contributed by atoms with Crippen molar-refractivity contribution >= 4 is 0 Å². The van der Waals surface area contributed by atoms with E-state index in [-0.39, 0.29) is 11.8 Å². The summed E-state index contributed by atoms with van der Waals surface area (Å²) in [4.78, 5) is 10.6. The molecule has 56 heavy (non-hydrogen) atoms. The first-order valence-electron chi connectivity index (χ1n) is 19.3. The van der Waals surface area contributed by atoms with E-state index >= 15 is 0 Å². The van der Waals surface area contributed by atoms with Crippen molar-refractivity contribution in [1.82, 2.24) is 9.97 Å². The number of benzene rings is 7. The van der Waals surface area contributed by atoms with E-state index in [0.717, 1.165) is 50.7 Å². The molecule has 0 amide bonds. The summed E-state index contributed by atoms with van der Waals surface area (Å²) in [5, 5.41) is 0. The highest BCUT2D eigenvalue weighted by atomic mass is 16.5. The standard InChI is InChI=1S/C53H36N2O/c1-3-16-35(17-4-1)36-30-32-38(33-31-36)49-34-48(37-18-5-2-6-19-37)54-52(55-49)43-23-8-7-20-39(43)42-24-15-28-47-51(42)56-50-29-14-13-27-46(50)53(47)44-25-11-9-21-40(44)41-22-10-12-26-45(41)53/h1-34,40,44H. The van der Waals surface area contributed by atoms with Crippen LogP contribution in [0.25, 0.3) is 56.2 Å². The molecule has 0 radical (unpaired) electrons. The molecule has 0 fully saturated rings. The fraction of sp³-hybridized carbons (Fsp3) is 0.0566. The van der Waals surface area contributed by atoms with Gasteiger partial charge in [0.05, 0.1) is 16.8 Å². The fourth-order valence-electron chi connectivity index (χ4n) is 9.45. The summed E-state index contributed by atoms with van der Waals surface area (Å²) in [6, 6.07) is 64.4. The summed E-state index contributed by atoms with van der Waals surface area (Å²) in [5.74, 6) is 2.90. The van der Waals surface area contributed by atoms with E-state index in [1.54, 1.807) is 0 Å². The highest BCUT2D eigenvalue weighted by molar-refractivity contribution is 5.88. The van der Waals surface area contributed by atoms with Gasteiger partial charge in [0.25, 0.3) is 0 Å². The molecule has 3 atom stereocenters. The Labute approximate surface area is 327 Å². The largest absolute Gasteiger partial charge is 0.456 e. The van der Waals surface area contributed by atoms with Crippen LogP contribution in [0, 0.1) is 5.92 Å². The number of hydrogen-bond donors (Lipinski definition) is 0. The molecule has 0 saturated carbocycles. The molecule has 3 unspecified atom stereocenters.